The third kappa shape index (κ3) is 3.09. The van der Waals surface area contributed by atoms with Crippen molar-refractivity contribution >= 4 is 21.8 Å². The molecule has 1 fully saturated rings. The molecule has 98 valence electrons. The van der Waals surface area contributed by atoms with Crippen LogP contribution in [-0.2, 0) is 0 Å². The molecule has 1 aliphatic carbocycles. The zero-order chi connectivity index (χ0) is 13.3. The summed E-state index contributed by atoms with van der Waals surface area (Å²) in [5.41, 5.74) is 0.411. The molecule has 1 aromatic rings. The van der Waals surface area contributed by atoms with Crippen LogP contribution in [0.5, 0.6) is 0 Å². The topological polar surface area (TPSA) is 40.5 Å². The van der Waals surface area contributed by atoms with Crippen LogP contribution in [0, 0.1) is 11.7 Å². The normalized spacial score (nSPS) is 16.4. The number of hydrogen-bond donors (Lipinski definition) is 1. The predicted molar refractivity (Wildman–Crippen MR) is 69.8 cm³/mol. The average molecular weight is 316 g/mol. The molecule has 1 saturated carbocycles. The molecule has 5 heteroatoms. The van der Waals surface area contributed by atoms with Crippen molar-refractivity contribution in [1.82, 2.24) is 4.90 Å². The third-order valence-electron chi connectivity index (χ3n) is 3.14. The number of halogens is 2. The van der Waals surface area contributed by atoms with Crippen molar-refractivity contribution in [2.45, 2.75) is 18.9 Å². The minimum Gasteiger partial charge on any atom is -0.391 e. The molecule has 0 bridgehead atoms. The van der Waals surface area contributed by atoms with Gasteiger partial charge < -0.3 is 10.0 Å². The molecule has 0 spiro atoms. The number of carbonyl (C=O) groups excluding carboxylic acids is 1. The highest BCUT2D eigenvalue weighted by Gasteiger charge is 2.31. The van der Waals surface area contributed by atoms with Gasteiger partial charge in [-0.25, -0.2) is 4.39 Å². The lowest BCUT2D eigenvalue weighted by molar-refractivity contribution is 0.0645. The van der Waals surface area contributed by atoms with Gasteiger partial charge in [0.25, 0.3) is 5.91 Å². The van der Waals surface area contributed by atoms with E-state index in [1.165, 1.54) is 23.1 Å². The second-order valence-electron chi connectivity index (χ2n) is 4.72. The summed E-state index contributed by atoms with van der Waals surface area (Å²) >= 11 is 3.05. The van der Waals surface area contributed by atoms with Gasteiger partial charge in [-0.3, -0.25) is 4.79 Å². The maximum absolute atomic E-state index is 13.1. The SMILES string of the molecule is CN(CC(O)C1CC1)C(=O)c1ccc(F)c(Br)c1. The van der Waals surface area contributed by atoms with Gasteiger partial charge in [0.1, 0.15) is 5.82 Å². The molecule has 1 N–H and O–H groups in total. The van der Waals surface area contributed by atoms with Crippen molar-refractivity contribution in [1.29, 1.82) is 0 Å². The lowest BCUT2D eigenvalue weighted by Gasteiger charge is -2.20. The maximum Gasteiger partial charge on any atom is 0.253 e. The molecule has 3 nitrogen and oxygen atoms in total. The van der Waals surface area contributed by atoms with Crippen LogP contribution in [0.2, 0.25) is 0 Å². The Labute approximate surface area is 114 Å². The highest BCUT2D eigenvalue weighted by molar-refractivity contribution is 9.10. The predicted octanol–water partition coefficient (Wildman–Crippen LogP) is 2.43. The van der Waals surface area contributed by atoms with Crippen LogP contribution in [0.15, 0.2) is 22.7 Å². The Bertz CT molecular complexity index is 462. The van der Waals surface area contributed by atoms with Gasteiger partial charge in [0.2, 0.25) is 0 Å². The molecule has 0 heterocycles. The van der Waals surface area contributed by atoms with E-state index in [0.717, 1.165) is 12.8 Å². The van der Waals surface area contributed by atoms with Gasteiger partial charge in [-0.15, -0.1) is 0 Å². The van der Waals surface area contributed by atoms with Crippen LogP contribution < -0.4 is 0 Å². The van der Waals surface area contributed by atoms with Gasteiger partial charge in [-0.05, 0) is 52.9 Å². The van der Waals surface area contributed by atoms with E-state index in [-0.39, 0.29) is 10.4 Å². The highest BCUT2D eigenvalue weighted by Crippen LogP contribution is 2.32. The smallest absolute Gasteiger partial charge is 0.253 e. The first-order valence-corrected chi connectivity index (χ1v) is 6.67. The fourth-order valence-electron chi connectivity index (χ4n) is 1.84. The molecule has 1 atom stereocenters. The molecule has 1 unspecified atom stereocenters. The van der Waals surface area contributed by atoms with E-state index < -0.39 is 11.9 Å². The minimum absolute atomic E-state index is 0.213. The minimum atomic E-state index is -0.456. The average Bonchev–Trinajstić information content (AvgIpc) is 3.15. The second-order valence-corrected chi connectivity index (χ2v) is 5.57. The number of likely N-dealkylation sites (N-methyl/N-ethyl adjacent to an activating group) is 1. The summed E-state index contributed by atoms with van der Waals surface area (Å²) in [6, 6.07) is 4.16. The van der Waals surface area contributed by atoms with Crippen molar-refractivity contribution in [2.24, 2.45) is 5.92 Å². The summed E-state index contributed by atoms with van der Waals surface area (Å²) in [5, 5.41) is 9.79. The monoisotopic (exact) mass is 315 g/mol. The number of carbonyl (C=O) groups is 1. The van der Waals surface area contributed by atoms with E-state index in [1.54, 1.807) is 7.05 Å². The Hall–Kier alpha value is -0.940. The number of hydrogen-bond acceptors (Lipinski definition) is 2. The van der Waals surface area contributed by atoms with Crippen molar-refractivity contribution in [3.63, 3.8) is 0 Å². The van der Waals surface area contributed by atoms with Gasteiger partial charge in [0, 0.05) is 19.2 Å². The number of rotatable bonds is 4. The Kier molecular flexibility index (Phi) is 4.02. The van der Waals surface area contributed by atoms with Crippen LogP contribution in [0.25, 0.3) is 0 Å². The summed E-state index contributed by atoms with van der Waals surface area (Å²) in [6.45, 7) is 0.318. The van der Waals surface area contributed by atoms with E-state index in [9.17, 15) is 14.3 Å². The van der Waals surface area contributed by atoms with Crippen LogP contribution in [-0.4, -0.2) is 35.6 Å². The zero-order valence-corrected chi connectivity index (χ0v) is 11.7. The summed E-state index contributed by atoms with van der Waals surface area (Å²) in [6.07, 6.45) is 1.61. The van der Waals surface area contributed by atoms with Crippen molar-refractivity contribution < 1.29 is 14.3 Å². The van der Waals surface area contributed by atoms with Crippen LogP contribution >= 0.6 is 15.9 Å². The summed E-state index contributed by atoms with van der Waals surface area (Å²) in [7, 11) is 1.64. The second kappa shape index (κ2) is 5.36. The number of benzene rings is 1. The molecule has 0 aliphatic heterocycles. The Morgan fingerprint density at radius 1 is 1.61 bits per heavy atom. The highest BCUT2D eigenvalue weighted by atomic mass is 79.9. The van der Waals surface area contributed by atoms with Gasteiger partial charge in [-0.1, -0.05) is 0 Å². The van der Waals surface area contributed by atoms with Crippen LogP contribution in [0.4, 0.5) is 4.39 Å². The molecule has 0 aromatic heterocycles. The first-order valence-electron chi connectivity index (χ1n) is 5.87. The van der Waals surface area contributed by atoms with E-state index in [1.807, 2.05) is 0 Å². The third-order valence-corrected chi connectivity index (χ3v) is 3.75. The Morgan fingerprint density at radius 3 is 2.83 bits per heavy atom. The standard InChI is InChI=1S/C13H15BrFNO2/c1-16(7-12(17)8-2-3-8)13(18)9-4-5-11(15)10(14)6-9/h4-6,8,12,17H,2-3,7H2,1H3. The first-order chi connectivity index (χ1) is 8.49. The molecular formula is C13H15BrFNO2. The number of nitrogens with zero attached hydrogens (tertiary/aromatic N) is 1. The fraction of sp³-hybridized carbons (Fsp3) is 0.462. The van der Waals surface area contributed by atoms with E-state index in [4.69, 9.17) is 0 Å². The number of amides is 1. The number of aliphatic hydroxyl groups is 1. The van der Waals surface area contributed by atoms with Crippen LogP contribution in [0.1, 0.15) is 23.2 Å². The van der Waals surface area contributed by atoms with Gasteiger partial charge >= 0.3 is 0 Å². The van der Waals surface area contributed by atoms with E-state index >= 15 is 0 Å². The first kappa shape index (κ1) is 13.5. The molecule has 0 radical (unpaired) electrons. The molecule has 0 saturated heterocycles. The fourth-order valence-corrected chi connectivity index (χ4v) is 2.22. The molecule has 1 aromatic carbocycles. The summed E-state index contributed by atoms with van der Waals surface area (Å²) < 4.78 is 13.3. The van der Waals surface area contributed by atoms with Crippen molar-refractivity contribution in [3.8, 4) is 0 Å². The summed E-state index contributed by atoms with van der Waals surface area (Å²) in [4.78, 5) is 13.5. The lowest BCUT2D eigenvalue weighted by Crippen LogP contribution is -2.35. The van der Waals surface area contributed by atoms with Crippen molar-refractivity contribution in [3.05, 3.63) is 34.1 Å². The molecule has 18 heavy (non-hydrogen) atoms. The Balaban J connectivity index is 2.02. The van der Waals surface area contributed by atoms with Gasteiger partial charge in [-0.2, -0.15) is 0 Å². The maximum atomic E-state index is 13.1. The quantitative estimate of drug-likeness (QED) is 0.927. The molecule has 2 rings (SSSR count). The van der Waals surface area contributed by atoms with Crippen LogP contribution in [0.3, 0.4) is 0 Å². The zero-order valence-electron chi connectivity index (χ0n) is 10.1. The van der Waals surface area contributed by atoms with Crippen molar-refractivity contribution in [2.75, 3.05) is 13.6 Å². The van der Waals surface area contributed by atoms with Gasteiger partial charge in [0.15, 0.2) is 0 Å². The lowest BCUT2D eigenvalue weighted by atomic mass is 10.1. The largest absolute Gasteiger partial charge is 0.391 e. The molecular weight excluding hydrogens is 301 g/mol. The van der Waals surface area contributed by atoms with E-state index in [2.05, 4.69) is 15.9 Å². The Morgan fingerprint density at radius 2 is 2.28 bits per heavy atom. The molecule has 1 amide bonds. The molecule has 1 aliphatic rings. The van der Waals surface area contributed by atoms with Gasteiger partial charge in [0.05, 0.1) is 10.6 Å². The van der Waals surface area contributed by atoms with E-state index in [0.29, 0.717) is 18.0 Å². The summed E-state index contributed by atoms with van der Waals surface area (Å²) in [5.74, 6) is -0.275. The number of aliphatic hydroxyl groups excluding tert-OH is 1.